The van der Waals surface area contributed by atoms with Crippen LogP contribution in [-0.2, 0) is 23.4 Å². The van der Waals surface area contributed by atoms with E-state index in [4.69, 9.17) is 15.4 Å². The molecule has 2 atom stereocenters. The van der Waals surface area contributed by atoms with E-state index in [0.717, 1.165) is 0 Å². The third-order valence-corrected chi connectivity index (χ3v) is 5.01. The molecule has 1 heterocycles. The van der Waals surface area contributed by atoms with E-state index in [0.29, 0.717) is 12.8 Å². The lowest BCUT2D eigenvalue weighted by Gasteiger charge is -2.29. The molecule has 0 aromatic rings. The predicted octanol–water partition coefficient (Wildman–Crippen LogP) is 1.67. The lowest BCUT2D eigenvalue weighted by atomic mass is 10.1. The van der Waals surface area contributed by atoms with Gasteiger partial charge in [0.1, 0.15) is 16.9 Å². The third kappa shape index (κ3) is 5.14. The number of halogens is 1. The van der Waals surface area contributed by atoms with Crippen LogP contribution in [0.3, 0.4) is 0 Å². The summed E-state index contributed by atoms with van der Waals surface area (Å²) in [7, 11) is 1.49. The summed E-state index contributed by atoms with van der Waals surface area (Å²) in [5.74, 6) is -0.890. The number of likely N-dealkylation sites (tertiary alicyclic amines) is 1. The van der Waals surface area contributed by atoms with E-state index in [9.17, 15) is 18.0 Å². The Morgan fingerprint density at radius 1 is 1.48 bits per heavy atom. The summed E-state index contributed by atoms with van der Waals surface area (Å²) in [4.78, 5) is 25.5. The minimum atomic E-state index is -3.82. The molecule has 0 radical (unpaired) electrons. The first-order valence-electron chi connectivity index (χ1n) is 6.91. The smallest absolute Gasteiger partial charge is 0.329 e. The van der Waals surface area contributed by atoms with Gasteiger partial charge >= 0.3 is 5.97 Å². The monoisotopic (exact) mass is 339 g/mol. The highest BCUT2D eigenvalue weighted by Crippen LogP contribution is 2.26. The van der Waals surface area contributed by atoms with Crippen LogP contribution in [0.5, 0.6) is 0 Å². The Morgan fingerprint density at radius 2 is 2.05 bits per heavy atom. The fourth-order valence-corrected chi connectivity index (χ4v) is 3.27. The molecule has 0 aromatic carbocycles. The van der Waals surface area contributed by atoms with Gasteiger partial charge in [0.05, 0.1) is 0 Å². The van der Waals surface area contributed by atoms with Crippen molar-refractivity contribution in [2.24, 2.45) is 0 Å². The van der Waals surface area contributed by atoms with Crippen LogP contribution in [0, 0.1) is 0 Å². The third-order valence-electron chi connectivity index (χ3n) is 3.14. The molecule has 1 amide bonds. The molecule has 6 nitrogen and oxygen atoms in total. The van der Waals surface area contributed by atoms with E-state index in [1.54, 1.807) is 20.8 Å². The number of rotatable bonds is 5. The highest BCUT2D eigenvalue weighted by atomic mass is 35.7. The van der Waals surface area contributed by atoms with Gasteiger partial charge in [-0.05, 0) is 27.2 Å². The Bertz CT molecular complexity index is 511. The van der Waals surface area contributed by atoms with Crippen molar-refractivity contribution < 1.29 is 22.7 Å². The van der Waals surface area contributed by atoms with Crippen molar-refractivity contribution in [3.8, 4) is 0 Å². The van der Waals surface area contributed by atoms with Crippen LogP contribution < -0.4 is 0 Å². The zero-order valence-electron chi connectivity index (χ0n) is 12.8. The number of ether oxygens (including phenoxy) is 1. The summed E-state index contributed by atoms with van der Waals surface area (Å²) in [6.45, 7) is 7.05. The van der Waals surface area contributed by atoms with E-state index < -0.39 is 31.9 Å². The van der Waals surface area contributed by atoms with Crippen LogP contribution in [0.4, 0.5) is 0 Å². The molecule has 2 unspecified atom stereocenters. The second-order valence-corrected chi connectivity index (χ2v) is 9.09. The Kier molecular flexibility index (Phi) is 5.66. The molecule has 0 spiro atoms. The Hall–Kier alpha value is -0.820. The average Bonchev–Trinajstić information content (AvgIpc) is 2.65. The van der Waals surface area contributed by atoms with Crippen LogP contribution >= 0.6 is 10.7 Å². The van der Waals surface area contributed by atoms with Crippen LogP contribution in [0.15, 0.2) is 0 Å². The first kappa shape index (κ1) is 18.2. The molecule has 0 bridgehead atoms. The molecule has 0 saturated carbocycles. The second-order valence-electron chi connectivity index (χ2n) is 6.19. The van der Waals surface area contributed by atoms with Gasteiger partial charge < -0.3 is 9.64 Å². The van der Waals surface area contributed by atoms with Crippen molar-refractivity contribution in [1.82, 2.24) is 4.90 Å². The molecule has 1 aliphatic rings. The van der Waals surface area contributed by atoms with Gasteiger partial charge in [-0.1, -0.05) is 13.3 Å². The van der Waals surface area contributed by atoms with Gasteiger partial charge in [-0.25, -0.2) is 13.2 Å². The van der Waals surface area contributed by atoms with Gasteiger partial charge in [0.2, 0.25) is 15.0 Å². The molecule has 1 rings (SSSR count). The molecule has 0 aromatic heterocycles. The first-order chi connectivity index (χ1) is 9.45. The quantitative estimate of drug-likeness (QED) is 0.562. The van der Waals surface area contributed by atoms with Gasteiger partial charge in [0.15, 0.2) is 0 Å². The average molecular weight is 340 g/mol. The number of hydrogen-bond donors (Lipinski definition) is 0. The predicted molar refractivity (Wildman–Crippen MR) is 79.4 cm³/mol. The standard InChI is InChI=1S/C13H22ClNO5S/c1-5-6-10(12(17)20-13(2,3)4)15-8-9(7-11(15)16)21(14,18)19/h9-10H,5-8H2,1-4H3. The van der Waals surface area contributed by atoms with Gasteiger partial charge in [0.25, 0.3) is 0 Å². The fraction of sp³-hybridized carbons (Fsp3) is 0.846. The highest BCUT2D eigenvalue weighted by Gasteiger charge is 2.43. The number of carbonyl (C=O) groups excluding carboxylic acids is 2. The number of esters is 1. The Balaban J connectivity index is 2.91. The number of nitrogens with zero attached hydrogens (tertiary/aromatic N) is 1. The van der Waals surface area contributed by atoms with Crippen molar-refractivity contribution in [2.75, 3.05) is 6.54 Å². The summed E-state index contributed by atoms with van der Waals surface area (Å²) in [6.07, 6.45) is 0.913. The highest BCUT2D eigenvalue weighted by molar-refractivity contribution is 8.14. The maximum Gasteiger partial charge on any atom is 0.329 e. The number of amides is 1. The summed E-state index contributed by atoms with van der Waals surface area (Å²) >= 11 is 0. The molecule has 0 N–H and O–H groups in total. The normalized spacial score (nSPS) is 21.5. The summed E-state index contributed by atoms with van der Waals surface area (Å²) in [5, 5.41) is -0.964. The fourth-order valence-electron chi connectivity index (χ4n) is 2.23. The maximum atomic E-state index is 12.2. The van der Waals surface area contributed by atoms with E-state index in [2.05, 4.69) is 0 Å². The molecule has 1 fully saturated rings. The van der Waals surface area contributed by atoms with Gasteiger partial charge in [-0.2, -0.15) is 0 Å². The van der Waals surface area contributed by atoms with Crippen molar-refractivity contribution in [1.29, 1.82) is 0 Å². The molecule has 8 heteroatoms. The Labute approximate surface area is 130 Å². The van der Waals surface area contributed by atoms with Crippen LogP contribution in [-0.4, -0.2) is 48.6 Å². The van der Waals surface area contributed by atoms with E-state index in [1.807, 2.05) is 6.92 Å². The van der Waals surface area contributed by atoms with Crippen LogP contribution in [0.1, 0.15) is 47.0 Å². The number of hydrogen-bond acceptors (Lipinski definition) is 5. The molecule has 122 valence electrons. The van der Waals surface area contributed by atoms with E-state index >= 15 is 0 Å². The molecular formula is C13H22ClNO5S. The minimum Gasteiger partial charge on any atom is -0.458 e. The molecule has 21 heavy (non-hydrogen) atoms. The summed E-state index contributed by atoms with van der Waals surface area (Å²) in [6, 6.07) is -0.759. The zero-order chi connectivity index (χ0) is 16.4. The summed E-state index contributed by atoms with van der Waals surface area (Å²) in [5.41, 5.74) is -0.663. The maximum absolute atomic E-state index is 12.2. The van der Waals surface area contributed by atoms with Crippen molar-refractivity contribution >= 4 is 31.6 Å². The Morgan fingerprint density at radius 3 is 2.43 bits per heavy atom. The van der Waals surface area contributed by atoms with Crippen molar-refractivity contribution in [2.45, 2.75) is 63.9 Å². The zero-order valence-corrected chi connectivity index (χ0v) is 14.3. The van der Waals surface area contributed by atoms with Crippen molar-refractivity contribution in [3.63, 3.8) is 0 Å². The topological polar surface area (TPSA) is 80.8 Å². The van der Waals surface area contributed by atoms with Crippen LogP contribution in [0.2, 0.25) is 0 Å². The molecular weight excluding hydrogens is 318 g/mol. The molecule has 1 saturated heterocycles. The van der Waals surface area contributed by atoms with E-state index in [1.165, 1.54) is 4.90 Å². The minimum absolute atomic E-state index is 0.0609. The summed E-state index contributed by atoms with van der Waals surface area (Å²) < 4.78 is 28.1. The van der Waals surface area contributed by atoms with Gasteiger partial charge in [-0.3, -0.25) is 4.79 Å². The SMILES string of the molecule is CCCC(C(=O)OC(C)(C)C)N1CC(S(=O)(=O)Cl)CC1=O. The number of carbonyl (C=O) groups is 2. The second kappa shape index (κ2) is 6.52. The van der Waals surface area contributed by atoms with Gasteiger partial charge in [0, 0.05) is 23.6 Å². The van der Waals surface area contributed by atoms with Crippen LogP contribution in [0.25, 0.3) is 0 Å². The van der Waals surface area contributed by atoms with Crippen molar-refractivity contribution in [3.05, 3.63) is 0 Å². The van der Waals surface area contributed by atoms with Gasteiger partial charge in [-0.15, -0.1) is 0 Å². The lowest BCUT2D eigenvalue weighted by Crippen LogP contribution is -2.45. The molecule has 1 aliphatic heterocycles. The lowest BCUT2D eigenvalue weighted by molar-refractivity contribution is -0.164. The largest absolute Gasteiger partial charge is 0.458 e. The van der Waals surface area contributed by atoms with E-state index in [-0.39, 0.29) is 18.9 Å². The first-order valence-corrected chi connectivity index (χ1v) is 9.28. The molecule has 0 aliphatic carbocycles.